The van der Waals surface area contributed by atoms with E-state index in [1.807, 2.05) is 0 Å². The smallest absolute Gasteiger partial charge is 0.281 e. The lowest BCUT2D eigenvalue weighted by molar-refractivity contribution is -0.0881. The van der Waals surface area contributed by atoms with Crippen molar-refractivity contribution >= 4 is 56.9 Å². The third-order valence-corrected chi connectivity index (χ3v) is 4.53. The van der Waals surface area contributed by atoms with E-state index in [9.17, 15) is 13.2 Å². The quantitative estimate of drug-likeness (QED) is 0.221. The Morgan fingerprint density at radius 2 is 1.96 bits per heavy atom. The number of nitrogens with zero attached hydrogens (tertiary/aromatic N) is 1. The van der Waals surface area contributed by atoms with Crippen molar-refractivity contribution in [3.8, 4) is 0 Å². The number of alkyl halides is 3. The van der Waals surface area contributed by atoms with Gasteiger partial charge in [0.15, 0.2) is 0 Å². The molecule has 130 valence electrons. The van der Waals surface area contributed by atoms with Crippen molar-refractivity contribution in [1.82, 2.24) is 5.43 Å². The molecule has 0 aromatic heterocycles. The third-order valence-electron chi connectivity index (χ3n) is 2.64. The van der Waals surface area contributed by atoms with Crippen molar-refractivity contribution in [3.05, 3.63) is 67.2 Å². The van der Waals surface area contributed by atoms with E-state index in [0.29, 0.717) is 26.2 Å². The van der Waals surface area contributed by atoms with E-state index in [4.69, 9.17) is 34.8 Å². The minimum absolute atomic E-state index is 0.155. The summed E-state index contributed by atoms with van der Waals surface area (Å²) in [6.45, 7) is 4.59. The molecule has 2 nitrogen and oxygen atoms in total. The Balaban J connectivity index is 2.97. The second kappa shape index (κ2) is 8.94. The van der Waals surface area contributed by atoms with Crippen molar-refractivity contribution in [2.45, 2.75) is 13.1 Å². The van der Waals surface area contributed by atoms with Gasteiger partial charge in [-0.15, -0.1) is 0 Å². The summed E-state index contributed by atoms with van der Waals surface area (Å²) in [6, 6.07) is 3.20. The van der Waals surface area contributed by atoms with Crippen LogP contribution in [-0.4, -0.2) is 12.4 Å². The fourth-order valence-electron chi connectivity index (χ4n) is 1.42. The van der Waals surface area contributed by atoms with Gasteiger partial charge in [0.25, 0.3) is 0 Å². The number of hydrogen-bond acceptors (Lipinski definition) is 2. The first kappa shape index (κ1) is 21.1. The molecular weight excluding hydrogens is 451 g/mol. The maximum atomic E-state index is 12.6. The third kappa shape index (κ3) is 6.16. The first-order valence-electron chi connectivity index (χ1n) is 6.27. The molecular formula is C15H11BrCl3F3N2. The van der Waals surface area contributed by atoms with Crippen LogP contribution in [0.3, 0.4) is 0 Å². The number of nitrogens with one attached hydrogen (secondary N) is 1. The number of hydrazone groups is 1. The van der Waals surface area contributed by atoms with Crippen LogP contribution in [0.15, 0.2) is 56.7 Å². The van der Waals surface area contributed by atoms with Gasteiger partial charge in [0.2, 0.25) is 0 Å². The van der Waals surface area contributed by atoms with Crippen LogP contribution in [0, 0.1) is 0 Å². The first-order chi connectivity index (χ1) is 11.1. The Hall–Kier alpha value is -0.950. The van der Waals surface area contributed by atoms with Crippen LogP contribution in [0.25, 0.3) is 0 Å². The maximum absolute atomic E-state index is 12.6. The van der Waals surface area contributed by atoms with Gasteiger partial charge in [-0.05, 0) is 41.1 Å². The highest BCUT2D eigenvalue weighted by atomic mass is 79.9. The summed E-state index contributed by atoms with van der Waals surface area (Å²) in [5, 5.41) is 4.57. The van der Waals surface area contributed by atoms with Crippen LogP contribution in [0.1, 0.15) is 12.5 Å². The van der Waals surface area contributed by atoms with Crippen molar-refractivity contribution in [2.24, 2.45) is 5.10 Å². The highest BCUT2D eigenvalue weighted by Crippen LogP contribution is 2.30. The fourth-order valence-corrected chi connectivity index (χ4v) is 2.57. The topological polar surface area (TPSA) is 24.4 Å². The zero-order chi connectivity index (χ0) is 18.5. The second-order valence-electron chi connectivity index (χ2n) is 4.44. The van der Waals surface area contributed by atoms with Crippen molar-refractivity contribution in [2.75, 3.05) is 0 Å². The Morgan fingerprint density at radius 1 is 1.33 bits per heavy atom. The largest absolute Gasteiger partial charge is 0.416 e. The molecule has 0 fully saturated rings. The van der Waals surface area contributed by atoms with Crippen LogP contribution in [0.4, 0.5) is 13.2 Å². The number of rotatable bonds is 5. The molecule has 0 saturated carbocycles. The van der Waals surface area contributed by atoms with Crippen LogP contribution in [-0.2, 0) is 0 Å². The Morgan fingerprint density at radius 3 is 2.50 bits per heavy atom. The normalized spacial score (nSPS) is 13.9. The maximum Gasteiger partial charge on any atom is 0.416 e. The van der Waals surface area contributed by atoms with Gasteiger partial charge in [-0.1, -0.05) is 47.5 Å². The Bertz CT molecular complexity index is 725. The molecule has 1 rings (SSSR count). The number of halogens is 7. The van der Waals surface area contributed by atoms with Crippen LogP contribution < -0.4 is 5.43 Å². The highest BCUT2D eigenvalue weighted by molar-refractivity contribution is 9.10. The molecule has 0 heterocycles. The van der Waals surface area contributed by atoms with E-state index >= 15 is 0 Å². The predicted molar refractivity (Wildman–Crippen MR) is 97.8 cm³/mol. The molecule has 0 amide bonds. The van der Waals surface area contributed by atoms with Crippen LogP contribution in [0.2, 0.25) is 10.0 Å². The summed E-state index contributed by atoms with van der Waals surface area (Å²) < 4.78 is 38.5. The minimum Gasteiger partial charge on any atom is -0.281 e. The summed E-state index contributed by atoms with van der Waals surface area (Å²) in [7, 11) is 0. The van der Waals surface area contributed by atoms with Gasteiger partial charge >= 0.3 is 6.18 Å². The monoisotopic (exact) mass is 460 g/mol. The molecule has 0 bridgehead atoms. The lowest BCUT2D eigenvalue weighted by Gasteiger charge is -2.08. The van der Waals surface area contributed by atoms with Crippen molar-refractivity contribution in [3.63, 3.8) is 0 Å². The van der Waals surface area contributed by atoms with E-state index in [1.54, 1.807) is 12.1 Å². The molecule has 0 aliphatic carbocycles. The van der Waals surface area contributed by atoms with Gasteiger partial charge in [0.1, 0.15) is 0 Å². The average molecular weight is 463 g/mol. The standard InChI is InChI=1S/C15H11BrCl3F3N2/c1-3-10(15(20,21)22)5-13(18)8(2)24-23-7-9-4-11(17)6-12(16)14(9)19/h3-7,24H,1H2,2H3/b10-5+,13-8-,23-7+. The summed E-state index contributed by atoms with van der Waals surface area (Å²) in [5.41, 5.74) is 2.31. The Labute approximate surface area is 160 Å². The van der Waals surface area contributed by atoms with Crippen molar-refractivity contribution in [1.29, 1.82) is 0 Å². The molecule has 1 N–H and O–H groups in total. The molecule has 0 atom stereocenters. The minimum atomic E-state index is -4.54. The number of allylic oxidation sites excluding steroid dienone is 5. The van der Waals surface area contributed by atoms with Gasteiger partial charge < -0.3 is 0 Å². The summed E-state index contributed by atoms with van der Waals surface area (Å²) in [5.74, 6) is 0. The van der Waals surface area contributed by atoms with Crippen LogP contribution in [0.5, 0.6) is 0 Å². The first-order valence-corrected chi connectivity index (χ1v) is 8.20. The van der Waals surface area contributed by atoms with Gasteiger partial charge in [0, 0.05) is 20.8 Å². The molecule has 1 aromatic carbocycles. The molecule has 0 aliphatic heterocycles. The van der Waals surface area contributed by atoms with Gasteiger partial charge in [0.05, 0.1) is 21.8 Å². The zero-order valence-electron chi connectivity index (χ0n) is 12.2. The van der Waals surface area contributed by atoms with Gasteiger partial charge in [-0.3, -0.25) is 5.43 Å². The number of hydrogen-bond donors (Lipinski definition) is 1. The molecule has 1 aromatic rings. The van der Waals surface area contributed by atoms with E-state index < -0.39 is 11.7 Å². The van der Waals surface area contributed by atoms with Crippen molar-refractivity contribution < 1.29 is 13.2 Å². The lowest BCUT2D eigenvalue weighted by atomic mass is 10.2. The molecule has 9 heteroatoms. The molecule has 0 spiro atoms. The summed E-state index contributed by atoms with van der Waals surface area (Å²) in [4.78, 5) is 0. The van der Waals surface area contributed by atoms with E-state index in [-0.39, 0.29) is 10.7 Å². The number of benzene rings is 1. The lowest BCUT2D eigenvalue weighted by Crippen LogP contribution is -2.10. The van der Waals surface area contributed by atoms with E-state index in [1.165, 1.54) is 13.1 Å². The fraction of sp³-hybridized carbons (Fsp3) is 0.133. The average Bonchev–Trinajstić information content (AvgIpc) is 2.47. The highest BCUT2D eigenvalue weighted by Gasteiger charge is 2.31. The van der Waals surface area contributed by atoms with Crippen LogP contribution >= 0.6 is 50.7 Å². The second-order valence-corrected chi connectivity index (χ2v) is 6.51. The van der Waals surface area contributed by atoms with E-state index in [0.717, 1.165) is 6.08 Å². The zero-order valence-corrected chi connectivity index (χ0v) is 16.0. The molecule has 0 unspecified atom stereocenters. The SMILES string of the molecule is C=C/C(=C\C(Cl)=C(/C)N/N=C/c1cc(Cl)cc(Br)c1Cl)C(F)(F)F. The molecule has 0 aliphatic rings. The summed E-state index contributed by atoms with van der Waals surface area (Å²) in [6.07, 6.45) is -1.72. The predicted octanol–water partition coefficient (Wildman–Crippen LogP) is 6.82. The van der Waals surface area contributed by atoms with Gasteiger partial charge in [-0.25, -0.2) is 0 Å². The molecule has 24 heavy (non-hydrogen) atoms. The molecule has 0 radical (unpaired) electrons. The van der Waals surface area contributed by atoms with Gasteiger partial charge in [-0.2, -0.15) is 18.3 Å². The van der Waals surface area contributed by atoms with E-state index in [2.05, 4.69) is 33.0 Å². The molecule has 0 saturated heterocycles. The Kier molecular flexibility index (Phi) is 7.86. The summed E-state index contributed by atoms with van der Waals surface area (Å²) >= 11 is 21.1.